The predicted octanol–water partition coefficient (Wildman–Crippen LogP) is 0.293. The predicted molar refractivity (Wildman–Crippen MR) is 57.9 cm³/mol. The van der Waals surface area contributed by atoms with Crippen LogP contribution >= 0.6 is 0 Å². The van der Waals surface area contributed by atoms with Gasteiger partial charge in [-0.05, 0) is 6.42 Å². The lowest BCUT2D eigenvalue weighted by molar-refractivity contribution is 0.0851. The summed E-state index contributed by atoms with van der Waals surface area (Å²) >= 11 is 0. The molecule has 0 aromatic heterocycles. The molecule has 0 spiro atoms. The fraction of sp³-hybridized carbons (Fsp3) is 1.00. The van der Waals surface area contributed by atoms with Crippen molar-refractivity contribution >= 4 is 0 Å². The Balaban J connectivity index is 0.000000461. The van der Waals surface area contributed by atoms with Crippen LogP contribution in [0.3, 0.4) is 0 Å². The third-order valence-electron chi connectivity index (χ3n) is 2.77. The molecule has 0 aromatic carbocycles. The minimum absolute atomic E-state index is 0.665. The lowest BCUT2D eigenvalue weighted by Gasteiger charge is -2.35. The van der Waals surface area contributed by atoms with Gasteiger partial charge < -0.3 is 4.74 Å². The maximum Gasteiger partial charge on any atom is 0.0622 e. The van der Waals surface area contributed by atoms with Crippen molar-refractivity contribution in [2.75, 3.05) is 39.4 Å². The van der Waals surface area contributed by atoms with Crippen molar-refractivity contribution in [3.8, 4) is 0 Å². The largest absolute Gasteiger partial charge is 0.380 e. The SMILES string of the molecule is CC.NN1CCN(C2CCOC2)CC1. The zero-order valence-electron chi connectivity index (χ0n) is 9.41. The van der Waals surface area contributed by atoms with Crippen LogP contribution in [0.4, 0.5) is 0 Å². The van der Waals surface area contributed by atoms with E-state index in [-0.39, 0.29) is 0 Å². The molecule has 0 aromatic rings. The van der Waals surface area contributed by atoms with Crippen LogP contribution in [0.15, 0.2) is 0 Å². The topological polar surface area (TPSA) is 41.7 Å². The second kappa shape index (κ2) is 6.35. The molecular weight excluding hydrogens is 178 g/mol. The molecule has 2 fully saturated rings. The van der Waals surface area contributed by atoms with Crippen LogP contribution < -0.4 is 5.84 Å². The Hall–Kier alpha value is -0.160. The van der Waals surface area contributed by atoms with Crippen LogP contribution in [0.2, 0.25) is 0 Å². The Bertz CT molecular complexity index is 140. The molecule has 0 saturated carbocycles. The van der Waals surface area contributed by atoms with E-state index in [1.807, 2.05) is 18.9 Å². The quantitative estimate of drug-likeness (QED) is 0.619. The standard InChI is InChI=1S/C8H17N3O.C2H6/c9-11-4-2-10(3-5-11)8-1-6-12-7-8;1-2/h8H,1-7,9H2;1-2H3. The van der Waals surface area contributed by atoms with Crippen molar-refractivity contribution in [2.24, 2.45) is 5.84 Å². The molecule has 2 heterocycles. The molecule has 14 heavy (non-hydrogen) atoms. The van der Waals surface area contributed by atoms with Gasteiger partial charge in [-0.15, -0.1) is 0 Å². The van der Waals surface area contributed by atoms with Crippen molar-refractivity contribution < 1.29 is 4.74 Å². The van der Waals surface area contributed by atoms with Gasteiger partial charge in [0.05, 0.1) is 6.61 Å². The smallest absolute Gasteiger partial charge is 0.0622 e. The van der Waals surface area contributed by atoms with Gasteiger partial charge in [0.2, 0.25) is 0 Å². The average Bonchev–Trinajstić information content (AvgIpc) is 2.75. The van der Waals surface area contributed by atoms with Crippen molar-refractivity contribution in [3.63, 3.8) is 0 Å². The third kappa shape index (κ3) is 3.20. The van der Waals surface area contributed by atoms with E-state index in [4.69, 9.17) is 10.6 Å². The van der Waals surface area contributed by atoms with Gasteiger partial charge in [-0.2, -0.15) is 0 Å². The molecule has 0 aliphatic carbocycles. The van der Waals surface area contributed by atoms with Crippen LogP contribution in [0.5, 0.6) is 0 Å². The van der Waals surface area contributed by atoms with E-state index in [2.05, 4.69) is 4.90 Å². The number of hydrogen-bond acceptors (Lipinski definition) is 4. The zero-order valence-corrected chi connectivity index (χ0v) is 9.41. The normalized spacial score (nSPS) is 29.8. The zero-order chi connectivity index (χ0) is 10.4. The monoisotopic (exact) mass is 201 g/mol. The number of piperazine rings is 1. The number of ether oxygens (including phenoxy) is 1. The summed E-state index contributed by atoms with van der Waals surface area (Å²) in [6.07, 6.45) is 1.20. The van der Waals surface area contributed by atoms with Crippen molar-refractivity contribution in [1.29, 1.82) is 0 Å². The van der Waals surface area contributed by atoms with Crippen LogP contribution in [-0.4, -0.2) is 55.3 Å². The Kier molecular flexibility index (Phi) is 5.40. The fourth-order valence-electron chi connectivity index (χ4n) is 1.91. The molecular formula is C10H23N3O. The number of nitrogens with two attached hydrogens (primary N) is 1. The Labute approximate surface area is 87.0 Å². The van der Waals surface area contributed by atoms with Gasteiger partial charge in [0.1, 0.15) is 0 Å². The molecule has 4 nitrogen and oxygen atoms in total. The molecule has 0 radical (unpaired) electrons. The molecule has 2 rings (SSSR count). The minimum Gasteiger partial charge on any atom is -0.380 e. The van der Waals surface area contributed by atoms with Gasteiger partial charge in [0, 0.05) is 38.8 Å². The second-order valence-corrected chi connectivity index (χ2v) is 3.59. The van der Waals surface area contributed by atoms with Gasteiger partial charge in [-0.3, -0.25) is 10.7 Å². The molecule has 1 unspecified atom stereocenters. The molecule has 2 aliphatic rings. The van der Waals surface area contributed by atoms with Gasteiger partial charge >= 0.3 is 0 Å². The molecule has 2 N–H and O–H groups in total. The van der Waals surface area contributed by atoms with E-state index in [9.17, 15) is 0 Å². The molecule has 4 heteroatoms. The summed E-state index contributed by atoms with van der Waals surface area (Å²) in [5.74, 6) is 5.67. The first-order chi connectivity index (χ1) is 6.86. The average molecular weight is 201 g/mol. The highest BCUT2D eigenvalue weighted by atomic mass is 16.5. The molecule has 0 amide bonds. The van der Waals surface area contributed by atoms with Crippen molar-refractivity contribution in [3.05, 3.63) is 0 Å². The van der Waals surface area contributed by atoms with E-state index >= 15 is 0 Å². The fourth-order valence-corrected chi connectivity index (χ4v) is 1.91. The summed E-state index contributed by atoms with van der Waals surface area (Å²) in [5.41, 5.74) is 0. The highest BCUT2D eigenvalue weighted by Gasteiger charge is 2.25. The highest BCUT2D eigenvalue weighted by molar-refractivity contribution is 4.79. The molecule has 0 bridgehead atoms. The van der Waals surface area contributed by atoms with E-state index in [0.29, 0.717) is 6.04 Å². The summed E-state index contributed by atoms with van der Waals surface area (Å²) < 4.78 is 5.35. The third-order valence-corrected chi connectivity index (χ3v) is 2.77. The Morgan fingerprint density at radius 2 is 1.79 bits per heavy atom. The van der Waals surface area contributed by atoms with Gasteiger partial charge in [-0.25, -0.2) is 5.01 Å². The first-order valence-electron chi connectivity index (χ1n) is 5.68. The van der Waals surface area contributed by atoms with Gasteiger partial charge in [0.25, 0.3) is 0 Å². The van der Waals surface area contributed by atoms with Crippen LogP contribution in [0.25, 0.3) is 0 Å². The molecule has 2 saturated heterocycles. The van der Waals surface area contributed by atoms with E-state index < -0.39 is 0 Å². The second-order valence-electron chi connectivity index (χ2n) is 3.59. The maximum atomic E-state index is 5.67. The molecule has 1 atom stereocenters. The Morgan fingerprint density at radius 1 is 1.14 bits per heavy atom. The highest BCUT2D eigenvalue weighted by Crippen LogP contribution is 2.13. The number of nitrogens with zero attached hydrogens (tertiary/aromatic N) is 2. The molecule has 84 valence electrons. The van der Waals surface area contributed by atoms with Crippen LogP contribution in [0, 0.1) is 0 Å². The Morgan fingerprint density at radius 3 is 2.29 bits per heavy atom. The van der Waals surface area contributed by atoms with Gasteiger partial charge in [-0.1, -0.05) is 13.8 Å². The number of hydrazine groups is 1. The first-order valence-corrected chi connectivity index (χ1v) is 5.68. The van der Waals surface area contributed by atoms with E-state index in [0.717, 1.165) is 39.4 Å². The molecule has 2 aliphatic heterocycles. The van der Waals surface area contributed by atoms with Crippen LogP contribution in [0.1, 0.15) is 20.3 Å². The first kappa shape index (κ1) is 11.9. The van der Waals surface area contributed by atoms with E-state index in [1.165, 1.54) is 6.42 Å². The van der Waals surface area contributed by atoms with Crippen molar-refractivity contribution in [2.45, 2.75) is 26.3 Å². The lowest BCUT2D eigenvalue weighted by atomic mass is 10.2. The van der Waals surface area contributed by atoms with Crippen molar-refractivity contribution in [1.82, 2.24) is 9.91 Å². The summed E-state index contributed by atoms with van der Waals surface area (Å²) in [6.45, 7) is 10.1. The summed E-state index contributed by atoms with van der Waals surface area (Å²) in [7, 11) is 0. The summed E-state index contributed by atoms with van der Waals surface area (Å²) in [4.78, 5) is 2.50. The summed E-state index contributed by atoms with van der Waals surface area (Å²) in [6, 6.07) is 0.665. The maximum absolute atomic E-state index is 5.67. The van der Waals surface area contributed by atoms with E-state index in [1.54, 1.807) is 0 Å². The lowest BCUT2D eigenvalue weighted by Crippen LogP contribution is -2.52. The minimum atomic E-state index is 0.665. The number of hydrogen-bond donors (Lipinski definition) is 1. The number of rotatable bonds is 1. The summed E-state index contributed by atoms with van der Waals surface area (Å²) in [5, 5.41) is 1.90. The van der Waals surface area contributed by atoms with Gasteiger partial charge in [0.15, 0.2) is 0 Å². The van der Waals surface area contributed by atoms with Crippen LogP contribution in [-0.2, 0) is 4.74 Å².